The van der Waals surface area contributed by atoms with Crippen molar-refractivity contribution in [1.29, 1.82) is 0 Å². The molecular weight excluding hydrogens is 322 g/mol. The van der Waals surface area contributed by atoms with Crippen molar-refractivity contribution >= 4 is 28.8 Å². The van der Waals surface area contributed by atoms with Crippen LogP contribution in [0.5, 0.6) is 0 Å². The van der Waals surface area contributed by atoms with Crippen molar-refractivity contribution < 1.29 is 9.21 Å². The largest absolute Gasteiger partial charge is 0.423 e. The molecule has 0 aliphatic carbocycles. The summed E-state index contributed by atoms with van der Waals surface area (Å²) >= 11 is 0. The number of urea groups is 1. The van der Waals surface area contributed by atoms with E-state index in [4.69, 9.17) is 4.42 Å². The molecular formula is C16H19N7O2. The Labute approximate surface area is 144 Å². The first-order valence-electron chi connectivity index (χ1n) is 8.10. The molecule has 1 aromatic carbocycles. The standard InChI is InChI=1S/C16H19N7O2/c1-22(2)16-21-12-7-10(3-5-13(12)25-16)19-15(24)20-11-4-6-14-17-9-18-23(14)8-11/h3,5,7,9,11H,4,6,8H2,1-2H3,(H2,19,20,24)/t11-/m0/s1. The van der Waals surface area contributed by atoms with E-state index in [-0.39, 0.29) is 12.1 Å². The third-order valence-corrected chi connectivity index (χ3v) is 4.16. The van der Waals surface area contributed by atoms with E-state index < -0.39 is 0 Å². The Kier molecular flexibility index (Phi) is 3.75. The number of aryl methyl sites for hydroxylation is 1. The van der Waals surface area contributed by atoms with Gasteiger partial charge in [-0.15, -0.1) is 0 Å². The van der Waals surface area contributed by atoms with E-state index in [1.807, 2.05) is 18.8 Å². The zero-order valence-corrected chi connectivity index (χ0v) is 14.1. The number of carbonyl (C=O) groups excluding carboxylic acids is 1. The van der Waals surface area contributed by atoms with Gasteiger partial charge in [0.15, 0.2) is 5.58 Å². The Hall–Kier alpha value is -3.10. The van der Waals surface area contributed by atoms with Crippen LogP contribution in [-0.2, 0) is 13.0 Å². The topological polar surface area (TPSA) is 101 Å². The predicted octanol–water partition coefficient (Wildman–Crippen LogP) is 1.62. The number of anilines is 2. The van der Waals surface area contributed by atoms with Crippen LogP contribution in [-0.4, -0.2) is 45.9 Å². The van der Waals surface area contributed by atoms with Crippen molar-refractivity contribution in [3.8, 4) is 0 Å². The lowest BCUT2D eigenvalue weighted by Crippen LogP contribution is -2.43. The van der Waals surface area contributed by atoms with E-state index in [2.05, 4.69) is 25.7 Å². The third kappa shape index (κ3) is 3.12. The quantitative estimate of drug-likeness (QED) is 0.751. The molecule has 1 atom stereocenters. The molecule has 9 heteroatoms. The number of oxazole rings is 1. The van der Waals surface area contributed by atoms with Gasteiger partial charge in [0.05, 0.1) is 12.6 Å². The van der Waals surface area contributed by atoms with Gasteiger partial charge in [-0.2, -0.15) is 10.1 Å². The van der Waals surface area contributed by atoms with Gasteiger partial charge in [-0.05, 0) is 24.6 Å². The first-order chi connectivity index (χ1) is 12.1. The molecule has 0 saturated heterocycles. The van der Waals surface area contributed by atoms with E-state index in [0.29, 0.717) is 29.3 Å². The number of carbonyl (C=O) groups is 1. The highest BCUT2D eigenvalue weighted by molar-refractivity contribution is 5.92. The molecule has 0 radical (unpaired) electrons. The lowest BCUT2D eigenvalue weighted by atomic mass is 10.1. The summed E-state index contributed by atoms with van der Waals surface area (Å²) in [5.41, 5.74) is 2.05. The van der Waals surface area contributed by atoms with Crippen LogP contribution in [0.25, 0.3) is 11.1 Å². The van der Waals surface area contributed by atoms with Gasteiger partial charge in [-0.3, -0.25) is 0 Å². The van der Waals surface area contributed by atoms with Crippen molar-refractivity contribution in [2.75, 3.05) is 24.3 Å². The van der Waals surface area contributed by atoms with Gasteiger partial charge in [0.1, 0.15) is 17.7 Å². The summed E-state index contributed by atoms with van der Waals surface area (Å²) in [5.74, 6) is 0.964. The average Bonchev–Trinajstić information content (AvgIpc) is 3.20. The molecule has 130 valence electrons. The Bertz CT molecular complexity index is 914. The van der Waals surface area contributed by atoms with Gasteiger partial charge in [-0.25, -0.2) is 14.5 Å². The normalized spacial score (nSPS) is 16.5. The molecule has 2 N–H and O–H groups in total. The van der Waals surface area contributed by atoms with Crippen molar-refractivity contribution in [3.05, 3.63) is 30.4 Å². The van der Waals surface area contributed by atoms with Crippen LogP contribution in [0.1, 0.15) is 12.2 Å². The summed E-state index contributed by atoms with van der Waals surface area (Å²) in [6.07, 6.45) is 3.21. The zero-order chi connectivity index (χ0) is 17.4. The van der Waals surface area contributed by atoms with E-state index >= 15 is 0 Å². The highest BCUT2D eigenvalue weighted by Gasteiger charge is 2.21. The average molecular weight is 341 g/mol. The second-order valence-electron chi connectivity index (χ2n) is 6.27. The van der Waals surface area contributed by atoms with Gasteiger partial charge in [0, 0.05) is 26.2 Å². The monoisotopic (exact) mass is 341 g/mol. The lowest BCUT2D eigenvalue weighted by molar-refractivity contribution is 0.243. The van der Waals surface area contributed by atoms with Crippen molar-refractivity contribution in [3.63, 3.8) is 0 Å². The van der Waals surface area contributed by atoms with Gasteiger partial charge >= 0.3 is 6.03 Å². The van der Waals surface area contributed by atoms with Crippen LogP contribution >= 0.6 is 0 Å². The zero-order valence-electron chi connectivity index (χ0n) is 14.1. The molecule has 0 unspecified atom stereocenters. The van der Waals surface area contributed by atoms with E-state index in [1.54, 1.807) is 29.4 Å². The number of fused-ring (bicyclic) bond motifs is 2. The Morgan fingerprint density at radius 2 is 2.28 bits per heavy atom. The summed E-state index contributed by atoms with van der Waals surface area (Å²) in [5, 5.41) is 9.99. The van der Waals surface area contributed by atoms with Crippen molar-refractivity contribution in [2.24, 2.45) is 0 Å². The van der Waals surface area contributed by atoms with Crippen molar-refractivity contribution in [1.82, 2.24) is 25.1 Å². The highest BCUT2D eigenvalue weighted by atomic mass is 16.4. The molecule has 0 fully saturated rings. The molecule has 0 saturated carbocycles. The van der Waals surface area contributed by atoms with Crippen LogP contribution in [0.15, 0.2) is 28.9 Å². The van der Waals surface area contributed by atoms with Crippen LogP contribution in [0.4, 0.5) is 16.5 Å². The molecule has 2 aromatic heterocycles. The molecule has 4 rings (SSSR count). The third-order valence-electron chi connectivity index (χ3n) is 4.16. The van der Waals surface area contributed by atoms with Crippen LogP contribution < -0.4 is 15.5 Å². The maximum absolute atomic E-state index is 12.3. The fourth-order valence-corrected chi connectivity index (χ4v) is 2.89. The molecule has 25 heavy (non-hydrogen) atoms. The number of nitrogens with one attached hydrogen (secondary N) is 2. The Balaban J connectivity index is 1.41. The second-order valence-corrected chi connectivity index (χ2v) is 6.27. The van der Waals surface area contributed by atoms with E-state index in [1.165, 1.54) is 0 Å². The fourth-order valence-electron chi connectivity index (χ4n) is 2.89. The van der Waals surface area contributed by atoms with Crippen molar-refractivity contribution in [2.45, 2.75) is 25.4 Å². The highest BCUT2D eigenvalue weighted by Crippen LogP contribution is 2.23. The molecule has 2 amide bonds. The Morgan fingerprint density at radius 3 is 3.12 bits per heavy atom. The molecule has 0 spiro atoms. The van der Waals surface area contributed by atoms with Gasteiger partial charge in [-0.1, -0.05) is 0 Å². The molecule has 1 aliphatic heterocycles. The fraction of sp³-hybridized carbons (Fsp3) is 0.375. The summed E-state index contributed by atoms with van der Waals surface area (Å²) in [6.45, 7) is 0.636. The number of benzene rings is 1. The minimum absolute atomic E-state index is 0.0327. The number of hydrogen-bond acceptors (Lipinski definition) is 6. The minimum Gasteiger partial charge on any atom is -0.423 e. The lowest BCUT2D eigenvalue weighted by Gasteiger charge is -2.23. The Morgan fingerprint density at radius 1 is 1.40 bits per heavy atom. The van der Waals surface area contributed by atoms with Gasteiger partial charge < -0.3 is 20.0 Å². The first-order valence-corrected chi connectivity index (χ1v) is 8.10. The number of rotatable bonds is 3. The molecule has 9 nitrogen and oxygen atoms in total. The van der Waals surface area contributed by atoms with E-state index in [0.717, 1.165) is 18.7 Å². The van der Waals surface area contributed by atoms with E-state index in [9.17, 15) is 4.79 Å². The SMILES string of the molecule is CN(C)c1nc2cc(NC(=O)N[C@H]3CCc4ncnn4C3)ccc2o1. The molecule has 0 bridgehead atoms. The summed E-state index contributed by atoms with van der Waals surface area (Å²) in [7, 11) is 3.73. The second kappa shape index (κ2) is 6.08. The molecule has 1 aliphatic rings. The maximum atomic E-state index is 12.3. The summed E-state index contributed by atoms with van der Waals surface area (Å²) in [6, 6.07) is 5.70. The van der Waals surface area contributed by atoms with Gasteiger partial charge in [0.25, 0.3) is 6.01 Å². The maximum Gasteiger partial charge on any atom is 0.319 e. The summed E-state index contributed by atoms with van der Waals surface area (Å²) in [4.78, 5) is 22.6. The van der Waals surface area contributed by atoms with Crippen LogP contribution in [0.2, 0.25) is 0 Å². The molecule has 3 aromatic rings. The first kappa shape index (κ1) is 15.4. The van der Waals surface area contributed by atoms with Gasteiger partial charge in [0.2, 0.25) is 0 Å². The van der Waals surface area contributed by atoms with Crippen LogP contribution in [0, 0.1) is 0 Å². The number of amides is 2. The molecule has 3 heterocycles. The summed E-state index contributed by atoms with van der Waals surface area (Å²) < 4.78 is 7.44. The predicted molar refractivity (Wildman–Crippen MR) is 92.6 cm³/mol. The van der Waals surface area contributed by atoms with Crippen LogP contribution in [0.3, 0.4) is 0 Å². The number of nitrogens with zero attached hydrogens (tertiary/aromatic N) is 5. The number of hydrogen-bond donors (Lipinski definition) is 2. The number of aromatic nitrogens is 4. The minimum atomic E-state index is -0.246. The smallest absolute Gasteiger partial charge is 0.319 e.